The Hall–Kier alpha value is -1.63. The van der Waals surface area contributed by atoms with Gasteiger partial charge in [-0.15, -0.1) is 0 Å². The second kappa shape index (κ2) is 6.51. The maximum Gasteiger partial charge on any atom is 0.305 e. The molecule has 2 amide bonds. The summed E-state index contributed by atoms with van der Waals surface area (Å²) >= 11 is 0. The highest BCUT2D eigenvalue weighted by atomic mass is 16.4. The lowest BCUT2D eigenvalue weighted by Gasteiger charge is -2.33. The summed E-state index contributed by atoms with van der Waals surface area (Å²) in [7, 11) is 3.42. The van der Waals surface area contributed by atoms with Crippen LogP contribution in [-0.4, -0.2) is 65.9 Å². The largest absolute Gasteiger partial charge is 0.481 e. The van der Waals surface area contributed by atoms with Crippen molar-refractivity contribution in [2.75, 3.05) is 27.2 Å². The van der Waals surface area contributed by atoms with E-state index in [-0.39, 0.29) is 24.2 Å². The number of carbonyl (C=O) groups excluding carboxylic acids is 2. The minimum atomic E-state index is -1.08. The van der Waals surface area contributed by atoms with Crippen LogP contribution >= 0.6 is 0 Å². The number of hydrogen-bond donors (Lipinski definition) is 2. The molecular weight excluding hydrogens is 250 g/mol. The number of rotatable bonds is 4. The van der Waals surface area contributed by atoms with Crippen molar-refractivity contribution in [2.24, 2.45) is 11.7 Å². The normalized spacial score (nSPS) is 17.9. The SMILES string of the molecule is CN(C)C(=O)C1CCN(C(=O)C(N)CC(=O)O)CC1. The Bertz CT molecular complexity index is 362. The number of carboxylic acid groups (broad SMARTS) is 1. The zero-order valence-electron chi connectivity index (χ0n) is 11.3. The van der Waals surface area contributed by atoms with Crippen LogP contribution in [-0.2, 0) is 14.4 Å². The molecule has 1 atom stereocenters. The first-order valence-corrected chi connectivity index (χ1v) is 6.30. The Balaban J connectivity index is 2.47. The topological polar surface area (TPSA) is 104 Å². The predicted octanol–water partition coefficient (Wildman–Crippen LogP) is -0.885. The van der Waals surface area contributed by atoms with Gasteiger partial charge in [0.2, 0.25) is 11.8 Å². The second-order valence-electron chi connectivity index (χ2n) is 5.04. The lowest BCUT2D eigenvalue weighted by atomic mass is 9.95. The number of hydrogen-bond acceptors (Lipinski definition) is 4. The molecule has 1 aliphatic rings. The Kier molecular flexibility index (Phi) is 5.29. The molecule has 19 heavy (non-hydrogen) atoms. The van der Waals surface area contributed by atoms with Crippen molar-refractivity contribution < 1.29 is 19.5 Å². The van der Waals surface area contributed by atoms with Crippen molar-refractivity contribution >= 4 is 17.8 Å². The summed E-state index contributed by atoms with van der Waals surface area (Å²) in [6, 6.07) is -1.00. The molecule has 0 radical (unpaired) electrons. The molecule has 1 unspecified atom stereocenters. The van der Waals surface area contributed by atoms with Gasteiger partial charge in [-0.25, -0.2) is 0 Å². The van der Waals surface area contributed by atoms with E-state index in [0.29, 0.717) is 25.9 Å². The van der Waals surface area contributed by atoms with E-state index in [1.807, 2.05) is 0 Å². The van der Waals surface area contributed by atoms with Crippen LogP contribution in [0.5, 0.6) is 0 Å². The van der Waals surface area contributed by atoms with Gasteiger partial charge in [0.1, 0.15) is 0 Å². The molecule has 1 fully saturated rings. The average molecular weight is 271 g/mol. The summed E-state index contributed by atoms with van der Waals surface area (Å²) in [5, 5.41) is 8.61. The van der Waals surface area contributed by atoms with Crippen LogP contribution in [0.25, 0.3) is 0 Å². The Morgan fingerprint density at radius 3 is 2.26 bits per heavy atom. The van der Waals surface area contributed by atoms with Gasteiger partial charge in [-0.3, -0.25) is 14.4 Å². The molecular formula is C12H21N3O4. The number of nitrogens with zero attached hydrogens (tertiary/aromatic N) is 2. The number of aliphatic carboxylic acids is 1. The van der Waals surface area contributed by atoms with Gasteiger partial charge in [-0.1, -0.05) is 0 Å². The molecule has 0 aliphatic carbocycles. The third-order valence-electron chi connectivity index (χ3n) is 3.31. The van der Waals surface area contributed by atoms with Gasteiger partial charge in [-0.2, -0.15) is 0 Å². The van der Waals surface area contributed by atoms with Crippen LogP contribution < -0.4 is 5.73 Å². The van der Waals surface area contributed by atoms with Gasteiger partial charge >= 0.3 is 5.97 Å². The Morgan fingerprint density at radius 1 is 1.32 bits per heavy atom. The van der Waals surface area contributed by atoms with E-state index in [0.717, 1.165) is 0 Å². The third kappa shape index (κ3) is 4.20. The van der Waals surface area contributed by atoms with E-state index in [4.69, 9.17) is 10.8 Å². The number of carboxylic acids is 1. The lowest BCUT2D eigenvalue weighted by Crippen LogP contribution is -2.49. The summed E-state index contributed by atoms with van der Waals surface area (Å²) in [6.07, 6.45) is 0.834. The van der Waals surface area contributed by atoms with Crippen molar-refractivity contribution in [1.29, 1.82) is 0 Å². The van der Waals surface area contributed by atoms with Crippen LogP contribution in [0.15, 0.2) is 0 Å². The molecule has 7 nitrogen and oxygen atoms in total. The van der Waals surface area contributed by atoms with Crippen LogP contribution in [0.4, 0.5) is 0 Å². The first-order valence-electron chi connectivity index (χ1n) is 6.30. The molecule has 3 N–H and O–H groups in total. The fourth-order valence-electron chi connectivity index (χ4n) is 2.22. The smallest absolute Gasteiger partial charge is 0.305 e. The van der Waals surface area contributed by atoms with E-state index in [9.17, 15) is 14.4 Å². The van der Waals surface area contributed by atoms with Crippen LogP contribution in [0.3, 0.4) is 0 Å². The molecule has 0 spiro atoms. The third-order valence-corrected chi connectivity index (χ3v) is 3.31. The first kappa shape index (κ1) is 15.4. The standard InChI is InChI=1S/C12H21N3O4/c1-14(2)11(18)8-3-5-15(6-4-8)12(19)9(13)7-10(16)17/h8-9H,3-7,13H2,1-2H3,(H,16,17). The molecule has 0 aromatic carbocycles. The molecule has 0 saturated carbocycles. The van der Waals surface area contributed by atoms with Crippen LogP contribution in [0.1, 0.15) is 19.3 Å². The van der Waals surface area contributed by atoms with E-state index in [2.05, 4.69) is 0 Å². The van der Waals surface area contributed by atoms with Crippen molar-refractivity contribution in [2.45, 2.75) is 25.3 Å². The average Bonchev–Trinajstić information content (AvgIpc) is 2.36. The molecule has 0 aromatic heterocycles. The molecule has 1 saturated heterocycles. The van der Waals surface area contributed by atoms with E-state index in [1.54, 1.807) is 23.9 Å². The molecule has 0 aromatic rings. The highest BCUT2D eigenvalue weighted by Crippen LogP contribution is 2.19. The fourth-order valence-corrected chi connectivity index (χ4v) is 2.22. The number of piperidine rings is 1. The fraction of sp³-hybridized carbons (Fsp3) is 0.750. The molecule has 1 rings (SSSR count). The predicted molar refractivity (Wildman–Crippen MR) is 68.2 cm³/mol. The summed E-state index contributed by atoms with van der Waals surface area (Å²) < 4.78 is 0. The van der Waals surface area contributed by atoms with Crippen molar-refractivity contribution in [3.63, 3.8) is 0 Å². The zero-order chi connectivity index (χ0) is 14.6. The van der Waals surface area contributed by atoms with Gasteiger partial charge < -0.3 is 20.6 Å². The van der Waals surface area contributed by atoms with Gasteiger partial charge in [0.05, 0.1) is 12.5 Å². The van der Waals surface area contributed by atoms with Gasteiger partial charge in [-0.05, 0) is 12.8 Å². The molecule has 1 aliphatic heterocycles. The summed E-state index contributed by atoms with van der Waals surface area (Å²) in [4.78, 5) is 37.3. The number of carbonyl (C=O) groups is 3. The Labute approximate surface area is 112 Å². The molecule has 108 valence electrons. The Morgan fingerprint density at radius 2 is 1.84 bits per heavy atom. The minimum absolute atomic E-state index is 0.0604. The number of amides is 2. The van der Waals surface area contributed by atoms with Gasteiger partial charge in [0.15, 0.2) is 0 Å². The maximum absolute atomic E-state index is 11.9. The monoisotopic (exact) mass is 271 g/mol. The van der Waals surface area contributed by atoms with Crippen LogP contribution in [0, 0.1) is 5.92 Å². The van der Waals surface area contributed by atoms with Gasteiger partial charge in [0.25, 0.3) is 0 Å². The molecule has 0 bridgehead atoms. The molecule has 7 heteroatoms. The van der Waals surface area contributed by atoms with Gasteiger partial charge in [0, 0.05) is 33.1 Å². The number of likely N-dealkylation sites (tertiary alicyclic amines) is 1. The van der Waals surface area contributed by atoms with Crippen molar-refractivity contribution in [3.8, 4) is 0 Å². The highest BCUT2D eigenvalue weighted by molar-refractivity contribution is 5.86. The second-order valence-corrected chi connectivity index (χ2v) is 5.04. The van der Waals surface area contributed by atoms with Crippen molar-refractivity contribution in [3.05, 3.63) is 0 Å². The quantitative estimate of drug-likeness (QED) is 0.690. The highest BCUT2D eigenvalue weighted by Gasteiger charge is 2.30. The van der Waals surface area contributed by atoms with Crippen molar-refractivity contribution in [1.82, 2.24) is 9.80 Å². The maximum atomic E-state index is 11.9. The van der Waals surface area contributed by atoms with E-state index < -0.39 is 12.0 Å². The number of nitrogens with two attached hydrogens (primary N) is 1. The summed E-state index contributed by atoms with van der Waals surface area (Å²) in [5.74, 6) is -1.42. The van der Waals surface area contributed by atoms with E-state index in [1.165, 1.54) is 0 Å². The minimum Gasteiger partial charge on any atom is -0.481 e. The zero-order valence-corrected chi connectivity index (χ0v) is 11.3. The van der Waals surface area contributed by atoms with Crippen LogP contribution in [0.2, 0.25) is 0 Å². The summed E-state index contributed by atoms with van der Waals surface area (Å²) in [6.45, 7) is 0.910. The molecule has 1 heterocycles. The lowest BCUT2D eigenvalue weighted by molar-refractivity contribution is -0.143. The van der Waals surface area contributed by atoms with E-state index >= 15 is 0 Å². The summed E-state index contributed by atoms with van der Waals surface area (Å²) in [5.41, 5.74) is 5.54. The first-order chi connectivity index (χ1) is 8.82.